The number of nitrogens with one attached hydrogen (secondary N) is 1. The molecule has 17 heavy (non-hydrogen) atoms. The van der Waals surface area contributed by atoms with E-state index in [-0.39, 0.29) is 12.6 Å². The first-order chi connectivity index (χ1) is 8.20. The molecule has 0 aliphatic heterocycles. The van der Waals surface area contributed by atoms with Crippen LogP contribution in [0.2, 0.25) is 0 Å². The molecule has 4 nitrogen and oxygen atoms in total. The first-order valence-electron chi connectivity index (χ1n) is 5.90. The zero-order chi connectivity index (χ0) is 12.3. The van der Waals surface area contributed by atoms with Gasteiger partial charge in [-0.1, -0.05) is 13.8 Å². The van der Waals surface area contributed by atoms with Crippen molar-refractivity contribution in [2.45, 2.75) is 26.3 Å². The summed E-state index contributed by atoms with van der Waals surface area (Å²) in [4.78, 5) is 4.29. The molecular formula is C13H18N2O2. The number of anilines is 1. The van der Waals surface area contributed by atoms with Crippen LogP contribution in [0.4, 0.5) is 5.82 Å². The Kier molecular flexibility index (Phi) is 3.64. The third kappa shape index (κ3) is 2.77. The van der Waals surface area contributed by atoms with E-state index >= 15 is 0 Å². The fourth-order valence-electron chi connectivity index (χ4n) is 1.95. The molecule has 2 N–H and O–H groups in total. The molecule has 0 aliphatic carbocycles. The average molecular weight is 234 g/mol. The molecule has 2 aromatic rings. The van der Waals surface area contributed by atoms with Crippen molar-refractivity contribution in [2.24, 2.45) is 5.92 Å². The third-order valence-electron chi connectivity index (χ3n) is 2.70. The zero-order valence-electron chi connectivity index (χ0n) is 10.2. The molecular weight excluding hydrogens is 216 g/mol. The molecule has 0 aromatic carbocycles. The molecule has 0 saturated carbocycles. The Bertz CT molecular complexity index is 479. The molecule has 0 bridgehead atoms. The maximum Gasteiger partial charge on any atom is 0.139 e. The number of aliphatic hydroxyl groups excluding tert-OH is 1. The monoisotopic (exact) mass is 234 g/mol. The van der Waals surface area contributed by atoms with Crippen LogP contribution in [0.25, 0.3) is 11.0 Å². The van der Waals surface area contributed by atoms with E-state index in [0.717, 1.165) is 23.2 Å². The lowest BCUT2D eigenvalue weighted by Crippen LogP contribution is -2.26. The van der Waals surface area contributed by atoms with Gasteiger partial charge in [0.05, 0.1) is 24.3 Å². The molecule has 0 saturated heterocycles. The van der Waals surface area contributed by atoms with Gasteiger partial charge in [0.15, 0.2) is 0 Å². The highest BCUT2D eigenvalue weighted by atomic mass is 16.3. The van der Waals surface area contributed by atoms with Crippen molar-refractivity contribution in [1.82, 2.24) is 4.98 Å². The van der Waals surface area contributed by atoms with Gasteiger partial charge in [0.2, 0.25) is 0 Å². The van der Waals surface area contributed by atoms with Crippen molar-refractivity contribution >= 4 is 16.8 Å². The summed E-state index contributed by atoms with van der Waals surface area (Å²) in [6, 6.07) is 3.74. The van der Waals surface area contributed by atoms with E-state index in [2.05, 4.69) is 24.1 Å². The topological polar surface area (TPSA) is 58.3 Å². The van der Waals surface area contributed by atoms with Gasteiger partial charge in [0, 0.05) is 6.20 Å². The van der Waals surface area contributed by atoms with Crippen molar-refractivity contribution in [3.8, 4) is 0 Å². The fraction of sp³-hybridized carbons (Fsp3) is 0.462. The number of hydrogen-bond donors (Lipinski definition) is 2. The second kappa shape index (κ2) is 5.19. The summed E-state index contributed by atoms with van der Waals surface area (Å²) in [6.07, 6.45) is 4.26. The van der Waals surface area contributed by atoms with Crippen molar-refractivity contribution < 1.29 is 9.52 Å². The summed E-state index contributed by atoms with van der Waals surface area (Å²) >= 11 is 0. The molecule has 0 spiro atoms. The van der Waals surface area contributed by atoms with Gasteiger partial charge >= 0.3 is 0 Å². The SMILES string of the molecule is CC(C)CC(CO)Nc1nccc2occc12. The molecule has 2 heterocycles. The highest BCUT2D eigenvalue weighted by molar-refractivity contribution is 5.87. The lowest BCUT2D eigenvalue weighted by molar-refractivity contribution is 0.259. The minimum atomic E-state index is 0.0306. The number of rotatable bonds is 5. The molecule has 0 aliphatic rings. The second-order valence-electron chi connectivity index (χ2n) is 4.65. The van der Waals surface area contributed by atoms with Crippen LogP contribution in [-0.2, 0) is 0 Å². The Labute approximate surface area is 101 Å². The predicted octanol–water partition coefficient (Wildman–Crippen LogP) is 2.65. The van der Waals surface area contributed by atoms with Gasteiger partial charge in [-0.15, -0.1) is 0 Å². The molecule has 0 amide bonds. The van der Waals surface area contributed by atoms with Gasteiger partial charge in [-0.2, -0.15) is 0 Å². The van der Waals surface area contributed by atoms with E-state index < -0.39 is 0 Å². The lowest BCUT2D eigenvalue weighted by atomic mass is 10.0. The summed E-state index contributed by atoms with van der Waals surface area (Å²) in [6.45, 7) is 4.38. The minimum absolute atomic E-state index is 0.0306. The molecule has 1 atom stereocenters. The fourth-order valence-corrected chi connectivity index (χ4v) is 1.95. The predicted molar refractivity (Wildman–Crippen MR) is 68.0 cm³/mol. The van der Waals surface area contributed by atoms with Crippen LogP contribution >= 0.6 is 0 Å². The molecule has 92 valence electrons. The number of aliphatic hydroxyl groups is 1. The molecule has 1 unspecified atom stereocenters. The lowest BCUT2D eigenvalue weighted by Gasteiger charge is -2.19. The summed E-state index contributed by atoms with van der Waals surface area (Å²) < 4.78 is 5.31. The maximum atomic E-state index is 9.35. The summed E-state index contributed by atoms with van der Waals surface area (Å²) in [5, 5.41) is 13.6. The quantitative estimate of drug-likeness (QED) is 0.835. The van der Waals surface area contributed by atoms with E-state index in [1.165, 1.54) is 0 Å². The van der Waals surface area contributed by atoms with Crippen molar-refractivity contribution in [2.75, 3.05) is 11.9 Å². The normalized spacial score (nSPS) is 13.2. The van der Waals surface area contributed by atoms with Gasteiger partial charge in [-0.25, -0.2) is 4.98 Å². The largest absolute Gasteiger partial charge is 0.464 e. The van der Waals surface area contributed by atoms with Crippen LogP contribution in [-0.4, -0.2) is 22.7 Å². The summed E-state index contributed by atoms with van der Waals surface area (Å²) in [7, 11) is 0. The molecule has 2 rings (SSSR count). The number of pyridine rings is 1. The Balaban J connectivity index is 2.19. The molecule has 4 heteroatoms. The van der Waals surface area contributed by atoms with Crippen LogP contribution in [0.15, 0.2) is 29.0 Å². The Morgan fingerprint density at radius 3 is 2.94 bits per heavy atom. The number of hydrogen-bond acceptors (Lipinski definition) is 4. The van der Waals surface area contributed by atoms with Gasteiger partial charge in [-0.05, 0) is 24.5 Å². The summed E-state index contributed by atoms with van der Waals surface area (Å²) in [5.74, 6) is 1.30. The Morgan fingerprint density at radius 2 is 2.24 bits per heavy atom. The minimum Gasteiger partial charge on any atom is -0.464 e. The van der Waals surface area contributed by atoms with E-state index in [9.17, 15) is 5.11 Å². The highest BCUT2D eigenvalue weighted by Gasteiger charge is 2.12. The standard InChI is InChI=1S/C13H18N2O2/c1-9(2)7-10(8-16)15-13-11-4-6-17-12(11)3-5-14-13/h3-6,9-10,16H,7-8H2,1-2H3,(H,14,15). The first-order valence-corrected chi connectivity index (χ1v) is 5.90. The first kappa shape index (κ1) is 11.9. The molecule has 0 fully saturated rings. The number of furan rings is 1. The van der Waals surface area contributed by atoms with E-state index in [4.69, 9.17) is 4.42 Å². The van der Waals surface area contributed by atoms with Crippen molar-refractivity contribution in [3.63, 3.8) is 0 Å². The van der Waals surface area contributed by atoms with Gasteiger partial charge in [-0.3, -0.25) is 0 Å². The van der Waals surface area contributed by atoms with Crippen LogP contribution in [0.1, 0.15) is 20.3 Å². The Morgan fingerprint density at radius 1 is 1.41 bits per heavy atom. The third-order valence-corrected chi connectivity index (χ3v) is 2.70. The average Bonchev–Trinajstić information content (AvgIpc) is 2.76. The number of fused-ring (bicyclic) bond motifs is 1. The number of nitrogens with zero attached hydrogens (tertiary/aromatic N) is 1. The van der Waals surface area contributed by atoms with Gasteiger partial charge in [0.25, 0.3) is 0 Å². The number of aromatic nitrogens is 1. The van der Waals surface area contributed by atoms with Gasteiger partial charge < -0.3 is 14.8 Å². The zero-order valence-corrected chi connectivity index (χ0v) is 10.2. The molecule has 2 aromatic heterocycles. The van der Waals surface area contributed by atoms with Crippen LogP contribution in [0, 0.1) is 5.92 Å². The van der Waals surface area contributed by atoms with E-state index in [1.807, 2.05) is 12.1 Å². The van der Waals surface area contributed by atoms with E-state index in [0.29, 0.717) is 5.92 Å². The smallest absolute Gasteiger partial charge is 0.139 e. The van der Waals surface area contributed by atoms with E-state index in [1.54, 1.807) is 12.5 Å². The van der Waals surface area contributed by atoms with Crippen LogP contribution in [0.5, 0.6) is 0 Å². The van der Waals surface area contributed by atoms with Crippen LogP contribution < -0.4 is 5.32 Å². The highest BCUT2D eigenvalue weighted by Crippen LogP contribution is 2.23. The summed E-state index contributed by atoms with van der Waals surface area (Å²) in [5.41, 5.74) is 0.809. The Hall–Kier alpha value is -1.55. The van der Waals surface area contributed by atoms with Crippen LogP contribution in [0.3, 0.4) is 0 Å². The van der Waals surface area contributed by atoms with Crippen molar-refractivity contribution in [1.29, 1.82) is 0 Å². The van der Waals surface area contributed by atoms with Gasteiger partial charge in [0.1, 0.15) is 11.4 Å². The molecule has 0 radical (unpaired) electrons. The second-order valence-corrected chi connectivity index (χ2v) is 4.65. The van der Waals surface area contributed by atoms with Crippen molar-refractivity contribution in [3.05, 3.63) is 24.6 Å². The maximum absolute atomic E-state index is 9.35.